The van der Waals surface area contributed by atoms with E-state index in [1.54, 1.807) is 0 Å². The van der Waals surface area contributed by atoms with Crippen LogP contribution in [0.4, 0.5) is 8.78 Å². The number of rotatable bonds is 4. The smallest absolute Gasteiger partial charge is 0.320 e. The third kappa shape index (κ3) is 4.51. The predicted octanol–water partition coefficient (Wildman–Crippen LogP) is 3.51. The van der Waals surface area contributed by atoms with Crippen molar-refractivity contribution < 1.29 is 13.5 Å². The maximum absolute atomic E-state index is 12.3. The highest BCUT2D eigenvalue weighted by atomic mass is 19.3. The maximum Gasteiger partial charge on any atom is 0.345 e. The van der Waals surface area contributed by atoms with E-state index in [1.165, 1.54) is 0 Å². The second-order valence-electron chi connectivity index (χ2n) is 5.54. The molecular formula is C13H25F2NO. The number of alkyl halides is 2. The topological polar surface area (TPSA) is 12.5 Å². The van der Waals surface area contributed by atoms with Crippen molar-refractivity contribution in [3.8, 4) is 0 Å². The fourth-order valence-electron chi connectivity index (χ4n) is 2.76. The minimum absolute atomic E-state index is 0.286. The number of hydrogen-bond acceptors (Lipinski definition) is 2. The van der Waals surface area contributed by atoms with E-state index in [0.717, 1.165) is 25.8 Å². The van der Waals surface area contributed by atoms with E-state index < -0.39 is 6.61 Å². The zero-order valence-electron chi connectivity index (χ0n) is 11.3. The van der Waals surface area contributed by atoms with E-state index in [4.69, 9.17) is 4.74 Å². The second kappa shape index (κ2) is 6.64. The zero-order chi connectivity index (χ0) is 13.0. The monoisotopic (exact) mass is 249 g/mol. The number of nitrogens with zero attached hydrogens (tertiary/aromatic N) is 1. The Morgan fingerprint density at radius 1 is 1.18 bits per heavy atom. The Morgan fingerprint density at radius 2 is 1.82 bits per heavy atom. The third-order valence-electron chi connectivity index (χ3n) is 3.60. The summed E-state index contributed by atoms with van der Waals surface area (Å²) >= 11 is 0. The van der Waals surface area contributed by atoms with Crippen LogP contribution in [-0.4, -0.2) is 36.2 Å². The summed E-state index contributed by atoms with van der Waals surface area (Å²) in [6.45, 7) is 7.01. The Labute approximate surface area is 103 Å². The van der Waals surface area contributed by atoms with Crippen LogP contribution in [0.3, 0.4) is 0 Å². The average molecular weight is 249 g/mol. The van der Waals surface area contributed by atoms with E-state index >= 15 is 0 Å². The average Bonchev–Trinajstić information content (AvgIpc) is 2.39. The van der Waals surface area contributed by atoms with Crippen LogP contribution >= 0.6 is 0 Å². The molecule has 2 nitrogen and oxygen atoms in total. The first-order valence-corrected chi connectivity index (χ1v) is 6.61. The summed E-state index contributed by atoms with van der Waals surface area (Å²) in [5.41, 5.74) is 0. The van der Waals surface area contributed by atoms with Crippen molar-refractivity contribution in [1.29, 1.82) is 0 Å². The molecule has 0 bridgehead atoms. The summed E-state index contributed by atoms with van der Waals surface area (Å²) in [5.74, 6) is 0.472. The lowest BCUT2D eigenvalue weighted by Gasteiger charge is -2.36. The van der Waals surface area contributed by atoms with E-state index in [0.29, 0.717) is 18.0 Å². The number of halogens is 2. The first kappa shape index (κ1) is 14.8. The molecule has 0 aromatic carbocycles. The molecule has 0 N–H and O–H groups in total. The van der Waals surface area contributed by atoms with Gasteiger partial charge in [-0.3, -0.25) is 4.90 Å². The van der Waals surface area contributed by atoms with Crippen LogP contribution < -0.4 is 0 Å². The quantitative estimate of drug-likeness (QED) is 0.756. The Hall–Kier alpha value is -0.220. The number of likely N-dealkylation sites (tertiary alicyclic amines) is 1. The lowest BCUT2D eigenvalue weighted by Crippen LogP contribution is -2.44. The third-order valence-corrected chi connectivity index (χ3v) is 3.60. The van der Waals surface area contributed by atoms with Crippen LogP contribution in [0.15, 0.2) is 0 Å². The van der Waals surface area contributed by atoms with Crippen LogP contribution in [0.5, 0.6) is 0 Å². The molecule has 0 spiro atoms. The van der Waals surface area contributed by atoms with Gasteiger partial charge in [0.2, 0.25) is 0 Å². The fraction of sp³-hybridized carbons (Fsp3) is 1.00. The first-order chi connectivity index (χ1) is 7.91. The fourth-order valence-corrected chi connectivity index (χ4v) is 2.76. The van der Waals surface area contributed by atoms with E-state index in [-0.39, 0.29) is 6.10 Å². The van der Waals surface area contributed by atoms with Gasteiger partial charge in [0.15, 0.2) is 0 Å². The van der Waals surface area contributed by atoms with Gasteiger partial charge >= 0.3 is 6.61 Å². The van der Waals surface area contributed by atoms with Crippen molar-refractivity contribution in [2.75, 3.05) is 6.54 Å². The van der Waals surface area contributed by atoms with Crippen molar-refractivity contribution in [3.05, 3.63) is 0 Å². The molecule has 1 aliphatic rings. The Kier molecular flexibility index (Phi) is 5.80. The lowest BCUT2D eigenvalue weighted by atomic mass is 9.96. The summed E-state index contributed by atoms with van der Waals surface area (Å²) in [4.78, 5) is 2.43. The van der Waals surface area contributed by atoms with Crippen molar-refractivity contribution in [3.63, 3.8) is 0 Å². The molecule has 0 aromatic rings. The van der Waals surface area contributed by atoms with Crippen LogP contribution in [-0.2, 0) is 4.74 Å². The largest absolute Gasteiger partial charge is 0.345 e. The highest BCUT2D eigenvalue weighted by molar-refractivity contribution is 4.84. The molecule has 2 unspecified atom stereocenters. The van der Waals surface area contributed by atoms with Crippen LogP contribution in [0, 0.1) is 5.92 Å². The molecule has 0 saturated carbocycles. The molecule has 1 fully saturated rings. The SMILES string of the molecule is CC(C)C1CC(OC(F)F)CCCN1C(C)C. The maximum atomic E-state index is 12.3. The van der Waals surface area contributed by atoms with Gasteiger partial charge in [-0.05, 0) is 45.6 Å². The molecule has 0 radical (unpaired) electrons. The minimum Gasteiger partial charge on any atom is -0.320 e. The Morgan fingerprint density at radius 3 is 2.29 bits per heavy atom. The van der Waals surface area contributed by atoms with Crippen molar-refractivity contribution in [2.24, 2.45) is 5.92 Å². The zero-order valence-corrected chi connectivity index (χ0v) is 11.3. The lowest BCUT2D eigenvalue weighted by molar-refractivity contribution is -0.167. The molecule has 0 aliphatic carbocycles. The molecule has 102 valence electrons. The Bertz CT molecular complexity index is 221. The minimum atomic E-state index is -2.64. The van der Waals surface area contributed by atoms with Gasteiger partial charge < -0.3 is 4.74 Å². The van der Waals surface area contributed by atoms with Gasteiger partial charge in [-0.1, -0.05) is 13.8 Å². The molecule has 0 aromatic heterocycles. The summed E-state index contributed by atoms with van der Waals surface area (Å²) < 4.78 is 29.3. The van der Waals surface area contributed by atoms with Gasteiger partial charge in [0, 0.05) is 12.1 Å². The number of ether oxygens (including phenoxy) is 1. The van der Waals surface area contributed by atoms with Crippen LogP contribution in [0.25, 0.3) is 0 Å². The predicted molar refractivity (Wildman–Crippen MR) is 65.2 cm³/mol. The highest BCUT2D eigenvalue weighted by Gasteiger charge is 2.31. The molecule has 17 heavy (non-hydrogen) atoms. The summed E-state index contributed by atoms with van der Waals surface area (Å²) in [6.07, 6.45) is 2.13. The van der Waals surface area contributed by atoms with Gasteiger partial charge in [0.25, 0.3) is 0 Å². The standard InChI is InChI=1S/C13H25F2NO/c1-9(2)12-8-11(17-13(14)15)6-5-7-16(12)10(3)4/h9-13H,5-8H2,1-4H3. The molecule has 1 rings (SSSR count). The van der Waals surface area contributed by atoms with Gasteiger partial charge in [-0.2, -0.15) is 8.78 Å². The van der Waals surface area contributed by atoms with Gasteiger partial charge in [0.05, 0.1) is 6.10 Å². The molecular weight excluding hydrogens is 224 g/mol. The summed E-state index contributed by atoms with van der Waals surface area (Å²) in [7, 11) is 0. The molecule has 4 heteroatoms. The second-order valence-corrected chi connectivity index (χ2v) is 5.54. The molecule has 2 atom stereocenters. The van der Waals surface area contributed by atoms with E-state index in [9.17, 15) is 8.78 Å². The highest BCUT2D eigenvalue weighted by Crippen LogP contribution is 2.27. The molecule has 0 amide bonds. The molecule has 1 saturated heterocycles. The number of hydrogen-bond donors (Lipinski definition) is 0. The summed E-state index contributed by atoms with van der Waals surface area (Å²) in [5, 5.41) is 0. The van der Waals surface area contributed by atoms with Crippen molar-refractivity contribution in [2.45, 2.75) is 71.8 Å². The van der Waals surface area contributed by atoms with Gasteiger partial charge in [-0.25, -0.2) is 0 Å². The molecule has 1 aliphatic heterocycles. The van der Waals surface area contributed by atoms with Crippen molar-refractivity contribution in [1.82, 2.24) is 4.90 Å². The van der Waals surface area contributed by atoms with Gasteiger partial charge in [0.1, 0.15) is 0 Å². The van der Waals surface area contributed by atoms with E-state index in [1.807, 2.05) is 0 Å². The van der Waals surface area contributed by atoms with E-state index in [2.05, 4.69) is 32.6 Å². The molecule has 1 heterocycles. The summed E-state index contributed by atoms with van der Waals surface area (Å²) in [6, 6.07) is 0.814. The first-order valence-electron chi connectivity index (χ1n) is 6.61. The van der Waals surface area contributed by atoms with Crippen LogP contribution in [0.2, 0.25) is 0 Å². The van der Waals surface area contributed by atoms with Crippen molar-refractivity contribution >= 4 is 0 Å². The van der Waals surface area contributed by atoms with Gasteiger partial charge in [-0.15, -0.1) is 0 Å². The Balaban J connectivity index is 2.68. The normalized spacial score (nSPS) is 28.1. The van der Waals surface area contributed by atoms with Crippen LogP contribution in [0.1, 0.15) is 47.0 Å².